The second-order valence-corrected chi connectivity index (χ2v) is 10.3. The lowest BCUT2D eigenvalue weighted by Gasteiger charge is -2.26. The molecule has 30 heavy (non-hydrogen) atoms. The number of thioether (sulfide) groups is 1. The highest BCUT2D eigenvalue weighted by molar-refractivity contribution is 7.99. The van der Waals surface area contributed by atoms with Gasteiger partial charge in [0.15, 0.2) is 5.16 Å². The second-order valence-electron chi connectivity index (χ2n) is 7.80. The fourth-order valence-electron chi connectivity index (χ4n) is 3.84. The third-order valence-corrected chi connectivity index (χ3v) is 7.50. The molecule has 0 spiro atoms. The van der Waals surface area contributed by atoms with E-state index in [0.717, 1.165) is 16.4 Å². The average Bonchev–Trinajstić information content (AvgIpc) is 3.00. The molecule has 3 N–H and O–H groups in total. The Bertz CT molecular complexity index is 978. The molecular formula is C21H30N4O3S2. The van der Waals surface area contributed by atoms with Gasteiger partial charge in [-0.2, -0.15) is 0 Å². The van der Waals surface area contributed by atoms with E-state index in [0.29, 0.717) is 24.8 Å². The number of benzene rings is 1. The maximum absolute atomic E-state index is 12.3. The lowest BCUT2D eigenvalue weighted by Crippen LogP contribution is -2.27. The van der Waals surface area contributed by atoms with Crippen LogP contribution in [-0.2, 0) is 21.2 Å². The predicted molar refractivity (Wildman–Crippen MR) is 119 cm³/mol. The monoisotopic (exact) mass is 450 g/mol. The molecule has 0 aliphatic heterocycles. The van der Waals surface area contributed by atoms with Crippen LogP contribution in [0, 0.1) is 13.8 Å². The Labute approximate surface area is 182 Å². The lowest BCUT2D eigenvalue weighted by molar-refractivity contribution is -0.118. The van der Waals surface area contributed by atoms with Crippen LogP contribution in [0.1, 0.15) is 55.1 Å². The molecule has 1 fully saturated rings. The number of amides is 1. The SMILES string of the molecule is Cc1nc(SCC(=O)NCCc2ccc(S(N)(=O)=O)cc2)n(C2CCCCC2)c1C. The Morgan fingerprint density at radius 3 is 2.50 bits per heavy atom. The number of hydrogen-bond acceptors (Lipinski definition) is 5. The van der Waals surface area contributed by atoms with Crippen molar-refractivity contribution in [1.29, 1.82) is 0 Å². The Kier molecular flexibility index (Phi) is 7.60. The molecule has 0 bridgehead atoms. The first-order valence-electron chi connectivity index (χ1n) is 10.3. The summed E-state index contributed by atoms with van der Waals surface area (Å²) in [5.41, 5.74) is 3.17. The van der Waals surface area contributed by atoms with Crippen molar-refractivity contribution in [3.8, 4) is 0 Å². The molecule has 0 saturated heterocycles. The number of aromatic nitrogens is 2. The van der Waals surface area contributed by atoms with Crippen LogP contribution in [0.5, 0.6) is 0 Å². The van der Waals surface area contributed by atoms with E-state index in [9.17, 15) is 13.2 Å². The normalized spacial score (nSPS) is 15.3. The topological polar surface area (TPSA) is 107 Å². The van der Waals surface area contributed by atoms with Crippen molar-refractivity contribution >= 4 is 27.7 Å². The molecule has 1 aromatic heterocycles. The fraction of sp³-hybridized carbons (Fsp3) is 0.524. The van der Waals surface area contributed by atoms with E-state index in [1.54, 1.807) is 12.1 Å². The van der Waals surface area contributed by atoms with Crippen molar-refractivity contribution in [1.82, 2.24) is 14.9 Å². The third kappa shape index (κ3) is 5.86. The minimum Gasteiger partial charge on any atom is -0.355 e. The number of sulfonamides is 1. The minimum atomic E-state index is -3.68. The van der Waals surface area contributed by atoms with Crippen molar-refractivity contribution in [3.05, 3.63) is 41.2 Å². The highest BCUT2D eigenvalue weighted by Crippen LogP contribution is 2.34. The number of nitrogens with two attached hydrogens (primary N) is 1. The summed E-state index contributed by atoms with van der Waals surface area (Å²) >= 11 is 1.49. The molecule has 2 aromatic rings. The Morgan fingerprint density at radius 1 is 1.20 bits per heavy atom. The number of carbonyl (C=O) groups is 1. The second kappa shape index (κ2) is 9.98. The predicted octanol–water partition coefficient (Wildman–Crippen LogP) is 3.10. The van der Waals surface area contributed by atoms with Crippen molar-refractivity contribution in [2.24, 2.45) is 5.14 Å². The van der Waals surface area contributed by atoms with Gasteiger partial charge in [-0.1, -0.05) is 43.2 Å². The van der Waals surface area contributed by atoms with E-state index < -0.39 is 10.0 Å². The van der Waals surface area contributed by atoms with Crippen LogP contribution in [0.3, 0.4) is 0 Å². The largest absolute Gasteiger partial charge is 0.355 e. The molecule has 3 rings (SSSR count). The summed E-state index contributed by atoms with van der Waals surface area (Å²) in [4.78, 5) is 17.1. The average molecular weight is 451 g/mol. The first-order valence-corrected chi connectivity index (χ1v) is 12.9. The summed E-state index contributed by atoms with van der Waals surface area (Å²) in [5.74, 6) is 0.294. The molecule has 0 radical (unpaired) electrons. The zero-order valence-electron chi connectivity index (χ0n) is 17.6. The van der Waals surface area contributed by atoms with E-state index in [2.05, 4.69) is 16.8 Å². The van der Waals surface area contributed by atoms with Gasteiger partial charge in [-0.05, 0) is 50.8 Å². The van der Waals surface area contributed by atoms with Gasteiger partial charge < -0.3 is 9.88 Å². The molecule has 164 valence electrons. The van der Waals surface area contributed by atoms with Gasteiger partial charge in [-0.15, -0.1) is 0 Å². The van der Waals surface area contributed by atoms with Crippen LogP contribution in [0.2, 0.25) is 0 Å². The van der Waals surface area contributed by atoms with E-state index in [4.69, 9.17) is 10.1 Å². The first-order chi connectivity index (χ1) is 14.3. The maximum Gasteiger partial charge on any atom is 0.238 e. The highest BCUT2D eigenvalue weighted by Gasteiger charge is 2.22. The number of nitrogens with zero attached hydrogens (tertiary/aromatic N) is 2. The fourth-order valence-corrected chi connectivity index (χ4v) is 5.34. The molecule has 1 aromatic carbocycles. The van der Waals surface area contributed by atoms with Crippen LogP contribution in [0.25, 0.3) is 0 Å². The summed E-state index contributed by atoms with van der Waals surface area (Å²) in [6.45, 7) is 4.63. The summed E-state index contributed by atoms with van der Waals surface area (Å²) in [6, 6.07) is 6.89. The third-order valence-electron chi connectivity index (χ3n) is 5.61. The van der Waals surface area contributed by atoms with Gasteiger partial charge in [0.1, 0.15) is 0 Å². The number of aryl methyl sites for hydroxylation is 1. The highest BCUT2D eigenvalue weighted by atomic mass is 32.2. The molecule has 9 heteroatoms. The Balaban J connectivity index is 1.50. The van der Waals surface area contributed by atoms with Crippen LogP contribution in [0.15, 0.2) is 34.3 Å². The van der Waals surface area contributed by atoms with Gasteiger partial charge in [0.2, 0.25) is 15.9 Å². The van der Waals surface area contributed by atoms with Crippen molar-refractivity contribution < 1.29 is 13.2 Å². The number of imidazole rings is 1. The molecule has 0 atom stereocenters. The minimum absolute atomic E-state index is 0.0327. The van der Waals surface area contributed by atoms with Crippen LogP contribution < -0.4 is 10.5 Å². The Hall–Kier alpha value is -1.84. The maximum atomic E-state index is 12.3. The smallest absolute Gasteiger partial charge is 0.238 e. The van der Waals surface area contributed by atoms with E-state index in [-0.39, 0.29) is 10.8 Å². The number of hydrogen-bond donors (Lipinski definition) is 2. The number of nitrogens with one attached hydrogen (secondary N) is 1. The van der Waals surface area contributed by atoms with E-state index in [1.807, 2.05) is 6.92 Å². The van der Waals surface area contributed by atoms with Gasteiger partial charge in [-0.3, -0.25) is 4.79 Å². The number of carbonyl (C=O) groups excluding carboxylic acids is 1. The van der Waals surface area contributed by atoms with Gasteiger partial charge in [0, 0.05) is 18.3 Å². The zero-order chi connectivity index (χ0) is 21.7. The van der Waals surface area contributed by atoms with Crippen LogP contribution >= 0.6 is 11.8 Å². The van der Waals surface area contributed by atoms with Gasteiger partial charge in [0.25, 0.3) is 0 Å². The number of primary sulfonamides is 1. The van der Waals surface area contributed by atoms with Gasteiger partial charge in [0.05, 0.1) is 16.3 Å². The molecule has 1 aliphatic carbocycles. The molecular weight excluding hydrogens is 420 g/mol. The summed E-state index contributed by atoms with van der Waals surface area (Å²) in [6.07, 6.45) is 6.80. The molecule has 1 aliphatic rings. The van der Waals surface area contributed by atoms with Crippen molar-refractivity contribution in [2.45, 2.75) is 68.5 Å². The molecule has 1 heterocycles. The van der Waals surface area contributed by atoms with E-state index in [1.165, 1.54) is 61.7 Å². The Morgan fingerprint density at radius 2 is 1.87 bits per heavy atom. The molecule has 1 saturated carbocycles. The standard InChI is InChI=1S/C21H30N4O3S2/c1-15-16(2)25(18-6-4-3-5-7-18)21(24-15)29-14-20(26)23-13-12-17-8-10-19(11-9-17)30(22,27)28/h8-11,18H,3-7,12-14H2,1-2H3,(H,23,26)(H2,22,27,28). The quantitative estimate of drug-likeness (QED) is 0.601. The molecule has 1 amide bonds. The van der Waals surface area contributed by atoms with Crippen molar-refractivity contribution in [3.63, 3.8) is 0 Å². The van der Waals surface area contributed by atoms with Gasteiger partial charge >= 0.3 is 0 Å². The summed E-state index contributed by atoms with van der Waals surface area (Å²) in [7, 11) is -3.68. The number of rotatable bonds is 8. The van der Waals surface area contributed by atoms with Crippen molar-refractivity contribution in [2.75, 3.05) is 12.3 Å². The van der Waals surface area contributed by atoms with Crippen LogP contribution in [0.4, 0.5) is 0 Å². The van der Waals surface area contributed by atoms with Crippen LogP contribution in [-0.4, -0.2) is 36.2 Å². The van der Waals surface area contributed by atoms with Gasteiger partial charge in [-0.25, -0.2) is 18.5 Å². The summed E-state index contributed by atoms with van der Waals surface area (Å²) in [5, 5.41) is 8.97. The summed E-state index contributed by atoms with van der Waals surface area (Å²) < 4.78 is 24.9. The molecule has 0 unspecified atom stereocenters. The zero-order valence-corrected chi connectivity index (χ0v) is 19.2. The molecule has 7 nitrogen and oxygen atoms in total. The first kappa shape index (κ1) is 22.8. The van der Waals surface area contributed by atoms with E-state index >= 15 is 0 Å². The lowest BCUT2D eigenvalue weighted by atomic mass is 9.95.